The third-order valence-corrected chi connectivity index (χ3v) is 6.49. The van der Waals surface area contributed by atoms with Crippen LogP contribution in [0.1, 0.15) is 11.1 Å². The van der Waals surface area contributed by atoms with Gasteiger partial charge in [-0.15, -0.1) is 0 Å². The number of carbonyl (C=O) groups is 1. The standard InChI is InChI=1S/C25H28BrN3O2/c1-28-11-13-29(14-12-28)17-20-6-4-5-19(15-20)16-27-24(30)18-31-23-10-9-21-7-2-3-8-22(21)25(23)26/h2-10,15H,11-14,16-18H2,1H3,(H,27,30). The van der Waals surface area contributed by atoms with Gasteiger partial charge in [-0.25, -0.2) is 0 Å². The lowest BCUT2D eigenvalue weighted by Crippen LogP contribution is -2.43. The molecular formula is C25H28BrN3O2. The molecule has 0 radical (unpaired) electrons. The Balaban J connectivity index is 1.28. The van der Waals surface area contributed by atoms with Crippen LogP contribution in [0.5, 0.6) is 5.75 Å². The molecule has 0 spiro atoms. The SMILES string of the molecule is CN1CCN(Cc2cccc(CNC(=O)COc3ccc4ccccc4c3Br)c2)CC1. The summed E-state index contributed by atoms with van der Waals surface area (Å²) >= 11 is 3.60. The molecule has 0 aromatic heterocycles. The van der Waals surface area contributed by atoms with Crippen LogP contribution in [0.25, 0.3) is 10.8 Å². The molecule has 0 unspecified atom stereocenters. The van der Waals surface area contributed by atoms with Crippen molar-refractivity contribution in [2.24, 2.45) is 0 Å². The van der Waals surface area contributed by atoms with Gasteiger partial charge in [-0.05, 0) is 50.9 Å². The molecule has 1 saturated heterocycles. The van der Waals surface area contributed by atoms with Crippen molar-refractivity contribution >= 4 is 32.6 Å². The van der Waals surface area contributed by atoms with Crippen molar-refractivity contribution in [3.8, 4) is 5.75 Å². The van der Waals surface area contributed by atoms with Gasteiger partial charge < -0.3 is 15.0 Å². The van der Waals surface area contributed by atoms with Crippen LogP contribution < -0.4 is 10.1 Å². The number of nitrogens with zero attached hydrogens (tertiary/aromatic N) is 2. The first-order chi connectivity index (χ1) is 15.1. The van der Waals surface area contributed by atoms with E-state index in [2.05, 4.69) is 68.4 Å². The summed E-state index contributed by atoms with van der Waals surface area (Å²) in [6, 6.07) is 20.4. The summed E-state index contributed by atoms with van der Waals surface area (Å²) in [6.07, 6.45) is 0. The Morgan fingerprint density at radius 3 is 2.61 bits per heavy atom. The third kappa shape index (κ3) is 5.85. The van der Waals surface area contributed by atoms with Crippen LogP contribution in [0.3, 0.4) is 0 Å². The first kappa shape index (κ1) is 21.8. The van der Waals surface area contributed by atoms with E-state index in [0.717, 1.165) is 53.5 Å². The molecule has 0 atom stereocenters. The highest BCUT2D eigenvalue weighted by Crippen LogP contribution is 2.32. The molecule has 3 aromatic rings. The number of ether oxygens (including phenoxy) is 1. The molecule has 1 N–H and O–H groups in total. The Hall–Kier alpha value is -2.41. The summed E-state index contributed by atoms with van der Waals surface area (Å²) in [5.74, 6) is 0.535. The molecule has 162 valence electrons. The number of halogens is 1. The Labute approximate surface area is 192 Å². The smallest absolute Gasteiger partial charge is 0.258 e. The van der Waals surface area contributed by atoms with Crippen LogP contribution in [0.2, 0.25) is 0 Å². The van der Waals surface area contributed by atoms with Crippen molar-refractivity contribution in [3.05, 3.63) is 76.3 Å². The summed E-state index contributed by atoms with van der Waals surface area (Å²) in [5.41, 5.74) is 2.39. The topological polar surface area (TPSA) is 44.8 Å². The number of amides is 1. The fourth-order valence-corrected chi connectivity index (χ4v) is 4.43. The van der Waals surface area contributed by atoms with Gasteiger partial charge in [0, 0.05) is 39.3 Å². The molecule has 6 heteroatoms. The number of carbonyl (C=O) groups excluding carboxylic acids is 1. The van der Waals surface area contributed by atoms with Crippen molar-refractivity contribution in [2.45, 2.75) is 13.1 Å². The fraction of sp³-hybridized carbons (Fsp3) is 0.320. The predicted octanol–water partition coefficient (Wildman–Crippen LogP) is 4.04. The zero-order valence-corrected chi connectivity index (χ0v) is 19.4. The molecule has 1 fully saturated rings. The average molecular weight is 482 g/mol. The van der Waals surface area contributed by atoms with Crippen LogP contribution in [-0.4, -0.2) is 55.5 Å². The summed E-state index contributed by atoms with van der Waals surface area (Å²) < 4.78 is 6.63. The Kier molecular flexibility index (Phi) is 7.22. The Morgan fingerprint density at radius 2 is 1.77 bits per heavy atom. The molecule has 4 rings (SSSR count). The van der Waals surface area contributed by atoms with E-state index in [1.54, 1.807) is 0 Å². The maximum atomic E-state index is 12.3. The van der Waals surface area contributed by atoms with Gasteiger partial charge in [0.15, 0.2) is 6.61 Å². The summed E-state index contributed by atoms with van der Waals surface area (Å²) in [6.45, 7) is 5.86. The van der Waals surface area contributed by atoms with E-state index in [4.69, 9.17) is 4.74 Å². The second-order valence-corrected chi connectivity index (χ2v) is 8.86. The minimum atomic E-state index is -0.135. The molecule has 0 aliphatic carbocycles. The highest BCUT2D eigenvalue weighted by Gasteiger charge is 2.14. The van der Waals surface area contributed by atoms with Crippen molar-refractivity contribution in [3.63, 3.8) is 0 Å². The molecule has 1 aliphatic rings. The van der Waals surface area contributed by atoms with Crippen LogP contribution in [0.15, 0.2) is 65.1 Å². The van der Waals surface area contributed by atoms with E-state index in [1.807, 2.05) is 30.3 Å². The average Bonchev–Trinajstić information content (AvgIpc) is 2.79. The van der Waals surface area contributed by atoms with Gasteiger partial charge in [0.1, 0.15) is 5.75 Å². The monoisotopic (exact) mass is 481 g/mol. The van der Waals surface area contributed by atoms with Crippen LogP contribution in [0, 0.1) is 0 Å². The molecule has 1 aliphatic heterocycles. The van der Waals surface area contributed by atoms with Crippen molar-refractivity contribution in [1.29, 1.82) is 0 Å². The number of likely N-dealkylation sites (N-methyl/N-ethyl adjacent to an activating group) is 1. The van der Waals surface area contributed by atoms with Crippen LogP contribution >= 0.6 is 15.9 Å². The molecule has 1 amide bonds. The van der Waals surface area contributed by atoms with E-state index in [0.29, 0.717) is 12.3 Å². The quantitative estimate of drug-likeness (QED) is 0.552. The minimum Gasteiger partial charge on any atom is -0.483 e. The van der Waals surface area contributed by atoms with Gasteiger partial charge in [-0.3, -0.25) is 9.69 Å². The Morgan fingerprint density at radius 1 is 1.00 bits per heavy atom. The summed E-state index contributed by atoms with van der Waals surface area (Å²) in [4.78, 5) is 17.2. The Bertz CT molecular complexity index is 1050. The van der Waals surface area contributed by atoms with Gasteiger partial charge in [-0.2, -0.15) is 0 Å². The van der Waals surface area contributed by atoms with Crippen LogP contribution in [-0.2, 0) is 17.9 Å². The summed E-state index contributed by atoms with van der Waals surface area (Å²) in [7, 11) is 2.17. The molecule has 5 nitrogen and oxygen atoms in total. The second-order valence-electron chi connectivity index (χ2n) is 8.06. The predicted molar refractivity (Wildman–Crippen MR) is 128 cm³/mol. The molecule has 31 heavy (non-hydrogen) atoms. The zero-order valence-electron chi connectivity index (χ0n) is 17.8. The number of fused-ring (bicyclic) bond motifs is 1. The van der Waals surface area contributed by atoms with Gasteiger partial charge in [0.05, 0.1) is 4.47 Å². The maximum absolute atomic E-state index is 12.3. The first-order valence-electron chi connectivity index (χ1n) is 10.6. The van der Waals surface area contributed by atoms with E-state index in [1.165, 1.54) is 5.56 Å². The highest BCUT2D eigenvalue weighted by molar-refractivity contribution is 9.10. The molecule has 0 saturated carbocycles. The minimum absolute atomic E-state index is 0.0159. The number of rotatable bonds is 7. The zero-order chi connectivity index (χ0) is 21.6. The molecule has 1 heterocycles. The third-order valence-electron chi connectivity index (χ3n) is 5.67. The second kappa shape index (κ2) is 10.3. The summed E-state index contributed by atoms with van der Waals surface area (Å²) in [5, 5.41) is 5.16. The largest absolute Gasteiger partial charge is 0.483 e. The normalized spacial score (nSPS) is 15.2. The number of benzene rings is 3. The van der Waals surface area contributed by atoms with E-state index < -0.39 is 0 Å². The van der Waals surface area contributed by atoms with E-state index in [9.17, 15) is 4.79 Å². The van der Waals surface area contributed by atoms with Crippen molar-refractivity contribution < 1.29 is 9.53 Å². The van der Waals surface area contributed by atoms with Gasteiger partial charge in [0.25, 0.3) is 5.91 Å². The van der Waals surface area contributed by atoms with E-state index >= 15 is 0 Å². The highest BCUT2D eigenvalue weighted by atomic mass is 79.9. The molecule has 0 bridgehead atoms. The number of hydrogen-bond donors (Lipinski definition) is 1. The first-order valence-corrected chi connectivity index (χ1v) is 11.4. The lowest BCUT2D eigenvalue weighted by molar-refractivity contribution is -0.123. The van der Waals surface area contributed by atoms with Gasteiger partial charge >= 0.3 is 0 Å². The lowest BCUT2D eigenvalue weighted by Gasteiger charge is -2.32. The number of nitrogens with one attached hydrogen (secondary N) is 1. The van der Waals surface area contributed by atoms with Crippen molar-refractivity contribution in [1.82, 2.24) is 15.1 Å². The lowest BCUT2D eigenvalue weighted by atomic mass is 10.1. The fourth-order valence-electron chi connectivity index (χ4n) is 3.82. The van der Waals surface area contributed by atoms with E-state index in [-0.39, 0.29) is 12.5 Å². The van der Waals surface area contributed by atoms with Gasteiger partial charge in [-0.1, -0.05) is 54.6 Å². The van der Waals surface area contributed by atoms with Gasteiger partial charge in [0.2, 0.25) is 0 Å². The molecular weight excluding hydrogens is 454 g/mol. The number of piperazine rings is 1. The van der Waals surface area contributed by atoms with Crippen molar-refractivity contribution in [2.75, 3.05) is 39.8 Å². The maximum Gasteiger partial charge on any atom is 0.258 e. The van der Waals surface area contributed by atoms with Crippen LogP contribution in [0.4, 0.5) is 0 Å². The molecule has 3 aromatic carbocycles. The number of hydrogen-bond acceptors (Lipinski definition) is 4.